The van der Waals surface area contributed by atoms with E-state index in [0.717, 1.165) is 38.3 Å². The third-order valence-electron chi connectivity index (χ3n) is 7.14. The summed E-state index contributed by atoms with van der Waals surface area (Å²) in [5.41, 5.74) is 4.25. The zero-order chi connectivity index (χ0) is 27.8. The van der Waals surface area contributed by atoms with Gasteiger partial charge in [-0.2, -0.15) is 0 Å². The first-order valence-corrected chi connectivity index (χ1v) is 13.4. The Morgan fingerprint density at radius 2 is 1.62 bits per heavy atom. The summed E-state index contributed by atoms with van der Waals surface area (Å²) in [5.74, 6) is -0.163. The molecule has 1 heterocycles. The van der Waals surface area contributed by atoms with Gasteiger partial charge in [0.2, 0.25) is 0 Å². The van der Waals surface area contributed by atoms with Gasteiger partial charge in [-0.05, 0) is 48.4 Å². The number of carbonyl (C=O) groups is 1. The van der Waals surface area contributed by atoms with Gasteiger partial charge in [-0.15, -0.1) is 0 Å². The molecule has 206 valence electrons. The summed E-state index contributed by atoms with van der Waals surface area (Å²) in [7, 11) is 6.08. The van der Waals surface area contributed by atoms with Crippen molar-refractivity contribution in [3.05, 3.63) is 94.0 Å². The number of piperazine rings is 1. The molecule has 1 N–H and O–H groups in total. The molecule has 1 saturated heterocycles. The van der Waals surface area contributed by atoms with Gasteiger partial charge in [0, 0.05) is 90.0 Å². The molecule has 9 heteroatoms. The summed E-state index contributed by atoms with van der Waals surface area (Å²) in [6.45, 7) is 4.96. The number of nitrogens with one attached hydrogen (secondary N) is 1. The van der Waals surface area contributed by atoms with Crippen LogP contribution < -0.4 is 15.1 Å². The Hall–Kier alpha value is -4.11. The maximum atomic E-state index is 13.2. The van der Waals surface area contributed by atoms with E-state index in [0.29, 0.717) is 30.9 Å². The number of nitro groups is 1. The van der Waals surface area contributed by atoms with Crippen molar-refractivity contribution >= 4 is 28.7 Å². The average Bonchev–Trinajstić information content (AvgIpc) is 2.96. The van der Waals surface area contributed by atoms with E-state index in [2.05, 4.69) is 56.4 Å². The lowest BCUT2D eigenvalue weighted by Gasteiger charge is -2.34. The largest absolute Gasteiger partial charge is 0.379 e. The van der Waals surface area contributed by atoms with Gasteiger partial charge in [0.15, 0.2) is 0 Å². The number of para-hydroxylation sites is 1. The normalized spacial score (nSPS) is 13.7. The van der Waals surface area contributed by atoms with E-state index < -0.39 is 4.92 Å². The second-order valence-corrected chi connectivity index (χ2v) is 10.2. The number of hydrogen-bond acceptors (Lipinski definition) is 7. The van der Waals surface area contributed by atoms with Crippen LogP contribution in [0.2, 0.25) is 0 Å². The third-order valence-corrected chi connectivity index (χ3v) is 7.14. The summed E-state index contributed by atoms with van der Waals surface area (Å²) >= 11 is 0. The van der Waals surface area contributed by atoms with E-state index in [1.165, 1.54) is 17.3 Å². The lowest BCUT2D eigenvalue weighted by molar-refractivity contribution is -0.384. The van der Waals surface area contributed by atoms with Gasteiger partial charge >= 0.3 is 0 Å². The Bertz CT molecular complexity index is 1240. The van der Waals surface area contributed by atoms with E-state index in [1.54, 1.807) is 17.0 Å². The minimum Gasteiger partial charge on any atom is -0.379 e. The van der Waals surface area contributed by atoms with Crippen molar-refractivity contribution in [2.24, 2.45) is 0 Å². The maximum Gasteiger partial charge on any atom is 0.293 e. The van der Waals surface area contributed by atoms with E-state index in [4.69, 9.17) is 0 Å². The van der Waals surface area contributed by atoms with Gasteiger partial charge < -0.3 is 20.0 Å². The molecule has 0 bridgehead atoms. The van der Waals surface area contributed by atoms with Crippen LogP contribution in [0.5, 0.6) is 0 Å². The number of nitro benzene ring substituents is 1. The lowest BCUT2D eigenvalue weighted by atomic mass is 10.1. The molecule has 1 aliphatic rings. The number of carbonyl (C=O) groups excluding carboxylic acids is 1. The minimum atomic E-state index is -0.422. The molecule has 0 radical (unpaired) electrons. The summed E-state index contributed by atoms with van der Waals surface area (Å²) in [4.78, 5) is 32.9. The van der Waals surface area contributed by atoms with Crippen molar-refractivity contribution in [3.63, 3.8) is 0 Å². The molecule has 39 heavy (non-hydrogen) atoms. The van der Waals surface area contributed by atoms with E-state index in [-0.39, 0.29) is 11.6 Å². The highest BCUT2D eigenvalue weighted by atomic mass is 16.6. The first-order valence-electron chi connectivity index (χ1n) is 13.4. The first kappa shape index (κ1) is 27.9. The molecule has 0 saturated carbocycles. The molecule has 0 unspecified atom stereocenters. The van der Waals surface area contributed by atoms with Gasteiger partial charge in [0.05, 0.1) is 4.92 Å². The van der Waals surface area contributed by atoms with Crippen LogP contribution in [0.15, 0.2) is 72.8 Å². The molecular weight excluding hydrogens is 492 g/mol. The average molecular weight is 531 g/mol. The molecule has 1 amide bonds. The van der Waals surface area contributed by atoms with Crippen molar-refractivity contribution in [2.75, 3.05) is 75.5 Å². The van der Waals surface area contributed by atoms with Crippen molar-refractivity contribution in [3.8, 4) is 0 Å². The molecule has 1 aliphatic heterocycles. The molecule has 4 rings (SSSR count). The van der Waals surface area contributed by atoms with E-state index in [9.17, 15) is 14.9 Å². The molecule has 3 aromatic carbocycles. The molecule has 0 aliphatic carbocycles. The first-order chi connectivity index (χ1) is 18.8. The quantitative estimate of drug-likeness (QED) is 0.221. The maximum absolute atomic E-state index is 13.2. The number of nitrogens with zero attached hydrogens (tertiary/aromatic N) is 5. The number of hydrogen-bond donors (Lipinski definition) is 1. The van der Waals surface area contributed by atoms with Gasteiger partial charge in [0.25, 0.3) is 11.6 Å². The number of rotatable bonds is 11. The van der Waals surface area contributed by atoms with Crippen molar-refractivity contribution in [1.29, 1.82) is 0 Å². The highest BCUT2D eigenvalue weighted by Crippen LogP contribution is 2.27. The molecule has 9 nitrogen and oxygen atoms in total. The smallest absolute Gasteiger partial charge is 0.293 e. The lowest BCUT2D eigenvalue weighted by Crippen LogP contribution is -2.48. The second kappa shape index (κ2) is 13.1. The molecule has 3 aromatic rings. The zero-order valence-electron chi connectivity index (χ0n) is 23.0. The number of benzene rings is 3. The monoisotopic (exact) mass is 530 g/mol. The summed E-state index contributed by atoms with van der Waals surface area (Å²) < 4.78 is 0. The second-order valence-electron chi connectivity index (χ2n) is 10.2. The molecule has 0 spiro atoms. The Morgan fingerprint density at radius 1 is 0.923 bits per heavy atom. The predicted molar refractivity (Wildman–Crippen MR) is 158 cm³/mol. The molecular formula is C30H38N6O3. The standard InChI is InChI=1S/C30H38N6O3/c1-32(2)26-13-10-24(11-14-26)23-34-18-20-35(21-19-34)30(37)25-12-15-28(29(22-25)36(38)39)31-16-7-17-33(3)27-8-5-4-6-9-27/h4-6,8-15,22,31H,7,16-21,23H2,1-3H3. The topological polar surface area (TPSA) is 85.2 Å². The number of amides is 1. The van der Waals surface area contributed by atoms with Crippen LogP contribution in [0.3, 0.4) is 0 Å². The number of anilines is 3. The van der Waals surface area contributed by atoms with Crippen LogP contribution in [0, 0.1) is 10.1 Å². The Balaban J connectivity index is 1.28. The van der Waals surface area contributed by atoms with Crippen LogP contribution >= 0.6 is 0 Å². The predicted octanol–water partition coefficient (Wildman–Crippen LogP) is 4.56. The minimum absolute atomic E-state index is 0.0722. The van der Waals surface area contributed by atoms with Gasteiger partial charge in [-0.3, -0.25) is 19.8 Å². The molecule has 0 aromatic heterocycles. The zero-order valence-corrected chi connectivity index (χ0v) is 23.0. The molecule has 1 fully saturated rings. The van der Waals surface area contributed by atoms with Crippen LogP contribution in [0.4, 0.5) is 22.7 Å². The third kappa shape index (κ3) is 7.48. The van der Waals surface area contributed by atoms with Crippen molar-refractivity contribution in [1.82, 2.24) is 9.80 Å². The van der Waals surface area contributed by atoms with Crippen LogP contribution in [0.25, 0.3) is 0 Å². The van der Waals surface area contributed by atoms with Crippen molar-refractivity contribution < 1.29 is 9.72 Å². The molecule has 0 atom stereocenters. The Kier molecular flexibility index (Phi) is 9.38. The Labute approximate surface area is 230 Å². The summed E-state index contributed by atoms with van der Waals surface area (Å²) in [6.07, 6.45) is 0.813. The van der Waals surface area contributed by atoms with E-state index in [1.807, 2.05) is 39.3 Å². The van der Waals surface area contributed by atoms with Gasteiger partial charge in [-0.25, -0.2) is 0 Å². The summed E-state index contributed by atoms with van der Waals surface area (Å²) in [6, 6.07) is 23.4. The van der Waals surface area contributed by atoms with Gasteiger partial charge in [0.1, 0.15) is 5.69 Å². The van der Waals surface area contributed by atoms with Crippen LogP contribution in [-0.4, -0.2) is 81.0 Å². The SMILES string of the molecule is CN(C)c1ccc(CN2CCN(C(=O)c3ccc(NCCCN(C)c4ccccc4)c([N+](=O)[O-])c3)CC2)cc1. The fourth-order valence-corrected chi connectivity index (χ4v) is 4.77. The summed E-state index contributed by atoms with van der Waals surface area (Å²) in [5, 5.41) is 15.0. The van der Waals surface area contributed by atoms with Crippen LogP contribution in [-0.2, 0) is 6.54 Å². The van der Waals surface area contributed by atoms with Gasteiger partial charge in [-0.1, -0.05) is 30.3 Å². The fraction of sp³-hybridized carbons (Fsp3) is 0.367. The van der Waals surface area contributed by atoms with Crippen molar-refractivity contribution in [2.45, 2.75) is 13.0 Å². The highest BCUT2D eigenvalue weighted by Gasteiger charge is 2.25. The van der Waals surface area contributed by atoms with Crippen LogP contribution in [0.1, 0.15) is 22.3 Å². The highest BCUT2D eigenvalue weighted by molar-refractivity contribution is 5.95. The fourth-order valence-electron chi connectivity index (χ4n) is 4.77. The Morgan fingerprint density at radius 3 is 2.26 bits per heavy atom. The van der Waals surface area contributed by atoms with E-state index >= 15 is 0 Å².